The third-order valence-corrected chi connectivity index (χ3v) is 29.1. The number of hydrogen-bond acceptors (Lipinski definition) is 4. The molecule has 0 saturated heterocycles. The molecule has 5 N–H and O–H groups in total. The van der Waals surface area contributed by atoms with Crippen molar-refractivity contribution in [2.75, 3.05) is 0 Å². The first kappa shape index (κ1) is 81.2. The van der Waals surface area contributed by atoms with Crippen LogP contribution in [0.4, 0.5) is 0 Å². The van der Waals surface area contributed by atoms with E-state index in [1.807, 2.05) is 24.3 Å². The van der Waals surface area contributed by atoms with E-state index in [1.165, 1.54) is 188 Å². The van der Waals surface area contributed by atoms with Gasteiger partial charge in [0.1, 0.15) is 16.7 Å². The Balaban J connectivity index is 0.000000117. The molecule has 652 valence electrons. The van der Waals surface area contributed by atoms with Gasteiger partial charge in [-0.25, -0.2) is 0 Å². The highest BCUT2D eigenvalue weighted by Gasteiger charge is 2.25. The van der Waals surface area contributed by atoms with Crippen LogP contribution < -0.4 is 11.5 Å². The maximum absolute atomic E-state index is 6.69. The number of hydrogen-bond donors (Lipinski definition) is 3. The monoisotopic (exact) mass is 1870 g/mol. The number of nitrogens with two attached hydrogens (primary N) is 2. The number of H-pyrrole nitrogens is 1. The number of aromatic nitrogens is 6. The summed E-state index contributed by atoms with van der Waals surface area (Å²) in [5.41, 5.74) is 44.5. The van der Waals surface area contributed by atoms with E-state index in [9.17, 15) is 0 Å². The van der Waals surface area contributed by atoms with Crippen LogP contribution in [0.15, 0.2) is 458 Å². The zero-order chi connectivity index (χ0) is 90.9. The van der Waals surface area contributed by atoms with E-state index in [0.29, 0.717) is 0 Å². The summed E-state index contributed by atoms with van der Waals surface area (Å²) in [4.78, 5) is 3.68. The predicted octanol–water partition coefficient (Wildman–Crippen LogP) is 33.5. The van der Waals surface area contributed by atoms with Gasteiger partial charge in [0.2, 0.25) is 0 Å². The summed E-state index contributed by atoms with van der Waals surface area (Å²) in [5.74, 6) is 0. The third-order valence-electron chi connectivity index (χ3n) is 28.3. The SMILES string of the molecule is Ic1cccc2c1oc1ccccc12.N[C@@H]1CCCC[C@@H]1N.c1ccc(-n2c3ccccc3c3cc(-c4ccc5[nH]c6ccc(-c7ccc8c(c7)c7ccccc7n8-c7ccccc7)cc6c5c4)ccc32)cc1.c1ccc(-n2c3ccccc3c3cc(-c4ccc5c(c4)c4cc(-c6ccc7c(c6)c6ccccc6n7-c6ccccc6)ccc4n5-c4cccc5c4oc4ccccc45)ccc32)cc1. The summed E-state index contributed by atoms with van der Waals surface area (Å²) in [6.07, 6.45) is 4.80. The minimum absolute atomic E-state index is 0.281. The summed E-state index contributed by atoms with van der Waals surface area (Å²) < 4.78 is 25.5. The molecule has 28 aromatic rings. The molecule has 8 heterocycles. The van der Waals surface area contributed by atoms with Crippen LogP contribution in [0.2, 0.25) is 0 Å². The number of benzene rings is 20. The van der Waals surface area contributed by atoms with Crippen molar-refractivity contribution in [1.29, 1.82) is 0 Å². The number of nitrogens with one attached hydrogen (secondary N) is 1. The van der Waals surface area contributed by atoms with Gasteiger partial charge in [0, 0.05) is 132 Å². The van der Waals surface area contributed by atoms with Crippen molar-refractivity contribution in [3.63, 3.8) is 0 Å². The molecule has 11 heteroatoms. The Morgan fingerprint density at radius 2 is 0.460 bits per heavy atom. The van der Waals surface area contributed by atoms with Gasteiger partial charge in [0.25, 0.3) is 0 Å². The highest BCUT2D eigenvalue weighted by molar-refractivity contribution is 14.1. The van der Waals surface area contributed by atoms with E-state index >= 15 is 0 Å². The van der Waals surface area contributed by atoms with Gasteiger partial charge in [0.15, 0.2) is 5.58 Å². The zero-order valence-corrected chi connectivity index (χ0v) is 76.9. The number of fused-ring (bicyclic) bond motifs is 24. The highest BCUT2D eigenvalue weighted by atomic mass is 127. The Morgan fingerprint density at radius 3 is 0.796 bits per heavy atom. The lowest BCUT2D eigenvalue weighted by atomic mass is 9.92. The zero-order valence-electron chi connectivity index (χ0n) is 74.8. The van der Waals surface area contributed by atoms with E-state index in [1.54, 1.807) is 0 Å². The van der Waals surface area contributed by atoms with E-state index in [4.69, 9.17) is 20.3 Å². The number of furan rings is 2. The molecule has 0 amide bonds. The number of halogens is 1. The van der Waals surface area contributed by atoms with E-state index in [0.717, 1.165) is 88.6 Å². The first-order valence-electron chi connectivity index (χ1n) is 47.2. The quantitative estimate of drug-likeness (QED) is 0.125. The van der Waals surface area contributed by atoms with Gasteiger partial charge < -0.3 is 48.1 Å². The first-order valence-corrected chi connectivity index (χ1v) is 48.3. The van der Waals surface area contributed by atoms with Gasteiger partial charge in [-0.15, -0.1) is 0 Å². The molecule has 29 rings (SSSR count). The highest BCUT2D eigenvalue weighted by Crippen LogP contribution is 2.47. The summed E-state index contributed by atoms with van der Waals surface area (Å²) in [7, 11) is 0. The summed E-state index contributed by atoms with van der Waals surface area (Å²) in [6.45, 7) is 0. The smallest absolute Gasteiger partial charge is 0.159 e. The van der Waals surface area contributed by atoms with Crippen molar-refractivity contribution in [3.05, 3.63) is 452 Å². The molecule has 1 aliphatic rings. The first-order chi connectivity index (χ1) is 67.7. The van der Waals surface area contributed by atoms with Crippen molar-refractivity contribution in [2.45, 2.75) is 37.8 Å². The Labute approximate surface area is 802 Å². The average Bonchev–Trinajstić information content (AvgIpc) is 1.56. The van der Waals surface area contributed by atoms with Crippen LogP contribution in [-0.4, -0.2) is 39.9 Å². The molecule has 1 aliphatic carbocycles. The molecule has 137 heavy (non-hydrogen) atoms. The van der Waals surface area contributed by atoms with Crippen LogP contribution in [0.3, 0.4) is 0 Å². The number of aromatic amines is 1. The lowest BCUT2D eigenvalue weighted by molar-refractivity contribution is 0.385. The number of rotatable bonds is 9. The third kappa shape index (κ3) is 13.9. The Bertz CT molecular complexity index is 9190. The maximum atomic E-state index is 6.69. The molecule has 0 bridgehead atoms. The lowest BCUT2D eigenvalue weighted by Crippen LogP contribution is -2.43. The van der Waals surface area contributed by atoms with E-state index in [-0.39, 0.29) is 12.1 Å². The molecular formula is C126H89IN8O2. The van der Waals surface area contributed by atoms with Crippen molar-refractivity contribution in [1.82, 2.24) is 27.8 Å². The fourth-order valence-electron chi connectivity index (χ4n) is 21.7. The Kier molecular flexibility index (Phi) is 19.9. The van der Waals surface area contributed by atoms with Crippen LogP contribution in [0.1, 0.15) is 25.7 Å². The van der Waals surface area contributed by atoms with Crippen molar-refractivity contribution >= 4 is 197 Å². The molecule has 1 saturated carbocycles. The van der Waals surface area contributed by atoms with Crippen LogP contribution in [-0.2, 0) is 0 Å². The molecular weight excluding hydrogens is 1780 g/mol. The van der Waals surface area contributed by atoms with Crippen molar-refractivity contribution in [2.24, 2.45) is 11.5 Å². The molecule has 10 nitrogen and oxygen atoms in total. The van der Waals surface area contributed by atoms with Gasteiger partial charge in [-0.3, -0.25) is 0 Å². The second-order valence-corrected chi connectivity index (χ2v) is 37.4. The van der Waals surface area contributed by atoms with Gasteiger partial charge in [-0.05, 0) is 274 Å². The number of nitrogens with zero attached hydrogens (tertiary/aromatic N) is 5. The second-order valence-electron chi connectivity index (χ2n) is 36.2. The van der Waals surface area contributed by atoms with Crippen LogP contribution in [0.5, 0.6) is 0 Å². The minimum atomic E-state index is 0.281. The standard InChI is InChI=1S/C60H37N3O.C48H31N3.C12H7IO.C6H14N2/c1-3-14-42(15-4-1)61-52-22-10-7-18-44(52)48-34-38(26-30-54(48)61)40-28-32-56-50(36-40)51-37-41(29-33-57(51)63(56)58-24-13-21-47-46-20-9-12-25-59(46)64-60(47)58)39-27-31-55-49(35-39)45-19-8-11-23-53(45)62(55)43-16-5-2-6-17-43;1-3-11-35(12-4-1)50-45-17-9-7-15-37(45)41-29-33(21-25-47(41)50)31-19-23-43-39(27-31)40-28-32(20-24-44(40)49-43)34-22-26-48-42(30-34)38-16-8-10-18-46(38)51(48)36-13-5-2-6-14-36;13-10-6-3-5-9-8-4-1-2-7-11(8)14-12(9)10;7-5-3-1-2-4-6(5)8/h1-37H;1-30,49H;1-7H;5-6H,1-4,7-8H2/t;;;5-,6+. The molecule has 0 radical (unpaired) electrons. The maximum Gasteiger partial charge on any atom is 0.159 e. The fourth-order valence-corrected chi connectivity index (χ4v) is 22.3. The van der Waals surface area contributed by atoms with Crippen molar-refractivity contribution in [3.8, 4) is 72.9 Å². The average molecular weight is 1870 g/mol. The van der Waals surface area contributed by atoms with Gasteiger partial charge in [-0.2, -0.15) is 0 Å². The van der Waals surface area contributed by atoms with Gasteiger partial charge in [0.05, 0.1) is 64.4 Å². The van der Waals surface area contributed by atoms with E-state index < -0.39 is 0 Å². The van der Waals surface area contributed by atoms with Crippen LogP contribution >= 0.6 is 22.6 Å². The lowest BCUT2D eigenvalue weighted by Gasteiger charge is -2.24. The normalized spacial score (nSPS) is 13.5. The molecule has 1 fully saturated rings. The molecule has 0 unspecified atom stereocenters. The van der Waals surface area contributed by atoms with E-state index in [2.05, 4.69) is 475 Å². The van der Waals surface area contributed by atoms with Crippen molar-refractivity contribution < 1.29 is 8.83 Å². The van der Waals surface area contributed by atoms with Gasteiger partial charge in [-0.1, -0.05) is 268 Å². The largest absolute Gasteiger partial charge is 0.455 e. The Morgan fingerprint density at radius 1 is 0.212 bits per heavy atom. The molecule has 0 aliphatic heterocycles. The number of para-hydroxylation sites is 12. The fraction of sp³-hybridized carbons (Fsp3) is 0.0476. The van der Waals surface area contributed by atoms with Crippen LogP contribution in [0, 0.1) is 3.57 Å². The Hall–Kier alpha value is -16.6. The molecule has 20 aromatic carbocycles. The van der Waals surface area contributed by atoms with Crippen LogP contribution in [0.25, 0.3) is 248 Å². The molecule has 8 aromatic heterocycles. The predicted molar refractivity (Wildman–Crippen MR) is 584 cm³/mol. The summed E-state index contributed by atoms with van der Waals surface area (Å²) in [5, 5.41) is 19.5. The summed E-state index contributed by atoms with van der Waals surface area (Å²) in [6, 6.07) is 163. The topological polar surface area (TPSA) is 119 Å². The molecule has 0 spiro atoms. The molecule has 2 atom stereocenters. The minimum Gasteiger partial charge on any atom is -0.455 e. The second kappa shape index (κ2) is 33.6. The summed E-state index contributed by atoms with van der Waals surface area (Å²) >= 11 is 2.30. The van der Waals surface area contributed by atoms with Gasteiger partial charge >= 0.3 is 0 Å².